The molecule has 0 spiro atoms. The van der Waals surface area contributed by atoms with Crippen molar-refractivity contribution >= 4 is 33.3 Å². The largest absolute Gasteiger partial charge is 0.465 e. The lowest BCUT2D eigenvalue weighted by Crippen LogP contribution is -2.17. The molecule has 2 aromatic carbocycles. The maximum atomic E-state index is 12.5. The first-order valence-electron chi connectivity index (χ1n) is 6.31. The Morgan fingerprint density at radius 3 is 2.50 bits per heavy atom. The smallest absolute Gasteiger partial charge is 0.339 e. The molecule has 0 unspecified atom stereocenters. The molecule has 0 fully saturated rings. The molecule has 0 saturated heterocycles. The molecule has 0 aliphatic heterocycles. The lowest BCUT2D eigenvalue weighted by atomic mass is 10.2. The zero-order chi connectivity index (χ0) is 16.3. The summed E-state index contributed by atoms with van der Waals surface area (Å²) in [6, 6.07) is 10.6. The first kappa shape index (κ1) is 16.3. The normalized spacial score (nSPS) is 11.0. The Labute approximate surface area is 133 Å². The molecule has 7 heteroatoms. The van der Waals surface area contributed by atoms with Crippen LogP contribution in [0.4, 0.5) is 5.69 Å². The lowest BCUT2D eigenvalue weighted by Gasteiger charge is -2.12. The topological polar surface area (TPSA) is 72.5 Å². The van der Waals surface area contributed by atoms with Gasteiger partial charge in [-0.3, -0.25) is 4.72 Å². The average Bonchev–Trinajstić information content (AvgIpc) is 2.50. The highest BCUT2D eigenvalue weighted by Gasteiger charge is 2.22. The number of aryl methyl sites for hydroxylation is 1. The molecule has 0 amide bonds. The number of nitrogens with one attached hydrogen (secondary N) is 1. The number of anilines is 1. The maximum Gasteiger partial charge on any atom is 0.339 e. The second kappa shape index (κ2) is 6.37. The Bertz CT molecular complexity index is 818. The summed E-state index contributed by atoms with van der Waals surface area (Å²) in [6.07, 6.45) is 0. The van der Waals surface area contributed by atoms with Gasteiger partial charge in [-0.25, -0.2) is 13.2 Å². The van der Waals surface area contributed by atoms with E-state index in [1.807, 2.05) is 6.92 Å². The highest BCUT2D eigenvalue weighted by molar-refractivity contribution is 7.92. The third kappa shape index (κ3) is 3.40. The summed E-state index contributed by atoms with van der Waals surface area (Å²) in [4.78, 5) is 11.5. The van der Waals surface area contributed by atoms with Crippen LogP contribution in [0.1, 0.15) is 15.9 Å². The molecule has 0 radical (unpaired) electrons. The van der Waals surface area contributed by atoms with Gasteiger partial charge in [0.05, 0.1) is 18.4 Å². The van der Waals surface area contributed by atoms with E-state index in [-0.39, 0.29) is 10.5 Å². The third-order valence-corrected chi connectivity index (χ3v) is 4.85. The van der Waals surface area contributed by atoms with E-state index in [1.54, 1.807) is 18.2 Å². The van der Waals surface area contributed by atoms with Gasteiger partial charge in [-0.2, -0.15) is 0 Å². The van der Waals surface area contributed by atoms with E-state index in [4.69, 9.17) is 11.6 Å². The van der Waals surface area contributed by atoms with Crippen molar-refractivity contribution in [1.29, 1.82) is 0 Å². The molecule has 0 aromatic heterocycles. The minimum absolute atomic E-state index is 0.0318. The number of carbonyl (C=O) groups is 1. The summed E-state index contributed by atoms with van der Waals surface area (Å²) in [6.45, 7) is 1.81. The number of hydrogen-bond acceptors (Lipinski definition) is 4. The fraction of sp³-hybridized carbons (Fsp3) is 0.133. The number of esters is 1. The molecule has 5 nitrogen and oxygen atoms in total. The minimum atomic E-state index is -3.94. The molecule has 2 rings (SSSR count). The molecule has 0 aliphatic carbocycles. The summed E-state index contributed by atoms with van der Waals surface area (Å²) in [5.41, 5.74) is 1.12. The number of ether oxygens (including phenoxy) is 1. The quantitative estimate of drug-likeness (QED) is 0.868. The monoisotopic (exact) mass is 339 g/mol. The zero-order valence-electron chi connectivity index (χ0n) is 12.0. The summed E-state index contributed by atoms with van der Waals surface area (Å²) in [5.74, 6) is -0.720. The standard InChI is InChI=1S/C15H14ClNO4S/c1-10-7-8-11(9-13(10)16)17-22(19,20)14-6-4-3-5-12(14)15(18)21-2/h3-9,17H,1-2H3. The van der Waals surface area contributed by atoms with Crippen LogP contribution in [-0.2, 0) is 14.8 Å². The number of halogens is 1. The molecule has 0 heterocycles. The molecular weight excluding hydrogens is 326 g/mol. The Hall–Kier alpha value is -2.05. The number of rotatable bonds is 4. The second-order valence-electron chi connectivity index (χ2n) is 4.56. The van der Waals surface area contributed by atoms with Gasteiger partial charge >= 0.3 is 5.97 Å². The van der Waals surface area contributed by atoms with Gasteiger partial charge in [0.2, 0.25) is 0 Å². The summed E-state index contributed by atoms with van der Waals surface area (Å²) >= 11 is 5.98. The van der Waals surface area contributed by atoms with E-state index in [0.29, 0.717) is 10.7 Å². The van der Waals surface area contributed by atoms with Crippen LogP contribution in [0.3, 0.4) is 0 Å². The summed E-state index contributed by atoms with van der Waals surface area (Å²) in [7, 11) is -2.74. The number of benzene rings is 2. The van der Waals surface area contributed by atoms with Crippen molar-refractivity contribution in [3.05, 3.63) is 58.6 Å². The van der Waals surface area contributed by atoms with Gasteiger partial charge in [0.1, 0.15) is 4.90 Å². The fourth-order valence-electron chi connectivity index (χ4n) is 1.85. The Balaban J connectivity index is 2.43. The first-order chi connectivity index (χ1) is 10.3. The number of methoxy groups -OCH3 is 1. The van der Waals surface area contributed by atoms with Gasteiger partial charge < -0.3 is 4.74 Å². The number of sulfonamides is 1. The highest BCUT2D eigenvalue weighted by Crippen LogP contribution is 2.24. The van der Waals surface area contributed by atoms with E-state index >= 15 is 0 Å². The molecule has 2 aromatic rings. The summed E-state index contributed by atoms with van der Waals surface area (Å²) in [5, 5.41) is 0.446. The van der Waals surface area contributed by atoms with Crippen molar-refractivity contribution in [2.75, 3.05) is 11.8 Å². The van der Waals surface area contributed by atoms with Crippen molar-refractivity contribution < 1.29 is 17.9 Å². The van der Waals surface area contributed by atoms with Gasteiger partial charge in [-0.05, 0) is 36.8 Å². The minimum Gasteiger partial charge on any atom is -0.465 e. The van der Waals surface area contributed by atoms with Crippen LogP contribution in [0.25, 0.3) is 0 Å². The van der Waals surface area contributed by atoms with E-state index in [2.05, 4.69) is 9.46 Å². The molecular formula is C15H14ClNO4S. The van der Waals surface area contributed by atoms with Gasteiger partial charge in [-0.15, -0.1) is 0 Å². The fourth-order valence-corrected chi connectivity index (χ4v) is 3.27. The Morgan fingerprint density at radius 2 is 1.86 bits per heavy atom. The molecule has 0 bridgehead atoms. The van der Waals surface area contributed by atoms with Crippen LogP contribution in [0, 0.1) is 6.92 Å². The Morgan fingerprint density at radius 1 is 1.18 bits per heavy atom. The van der Waals surface area contributed by atoms with Crippen LogP contribution in [0.2, 0.25) is 5.02 Å². The van der Waals surface area contributed by atoms with Crippen LogP contribution < -0.4 is 4.72 Å². The van der Waals surface area contributed by atoms with Gasteiger partial charge in [0, 0.05) is 5.02 Å². The van der Waals surface area contributed by atoms with Gasteiger partial charge in [0.15, 0.2) is 0 Å². The van der Waals surface area contributed by atoms with Gasteiger partial charge in [0.25, 0.3) is 10.0 Å². The first-order valence-corrected chi connectivity index (χ1v) is 8.17. The second-order valence-corrected chi connectivity index (χ2v) is 6.62. The molecule has 0 aliphatic rings. The van der Waals surface area contributed by atoms with Crippen molar-refractivity contribution in [2.24, 2.45) is 0 Å². The third-order valence-electron chi connectivity index (χ3n) is 3.01. The van der Waals surface area contributed by atoms with Gasteiger partial charge in [-0.1, -0.05) is 29.8 Å². The Kier molecular flexibility index (Phi) is 4.73. The average molecular weight is 340 g/mol. The summed E-state index contributed by atoms with van der Waals surface area (Å²) < 4.78 is 32.0. The SMILES string of the molecule is COC(=O)c1ccccc1S(=O)(=O)Nc1ccc(C)c(Cl)c1. The molecule has 0 atom stereocenters. The highest BCUT2D eigenvalue weighted by atomic mass is 35.5. The zero-order valence-corrected chi connectivity index (χ0v) is 13.5. The molecule has 116 valence electrons. The van der Waals surface area contributed by atoms with Crippen molar-refractivity contribution in [2.45, 2.75) is 11.8 Å². The lowest BCUT2D eigenvalue weighted by molar-refractivity contribution is 0.0596. The van der Waals surface area contributed by atoms with E-state index in [1.165, 1.54) is 31.4 Å². The van der Waals surface area contributed by atoms with Crippen molar-refractivity contribution in [1.82, 2.24) is 0 Å². The van der Waals surface area contributed by atoms with Crippen LogP contribution >= 0.6 is 11.6 Å². The predicted octanol–water partition coefficient (Wildman–Crippen LogP) is 3.24. The van der Waals surface area contributed by atoms with Crippen LogP contribution in [0.15, 0.2) is 47.4 Å². The van der Waals surface area contributed by atoms with Crippen LogP contribution in [0.5, 0.6) is 0 Å². The van der Waals surface area contributed by atoms with E-state index < -0.39 is 16.0 Å². The number of hydrogen-bond donors (Lipinski definition) is 1. The molecule has 0 saturated carbocycles. The van der Waals surface area contributed by atoms with Crippen LogP contribution in [-0.4, -0.2) is 21.5 Å². The van der Waals surface area contributed by atoms with Crippen molar-refractivity contribution in [3.8, 4) is 0 Å². The molecule has 22 heavy (non-hydrogen) atoms. The van der Waals surface area contributed by atoms with Crippen molar-refractivity contribution in [3.63, 3.8) is 0 Å². The maximum absolute atomic E-state index is 12.5. The number of carbonyl (C=O) groups excluding carboxylic acids is 1. The van der Waals surface area contributed by atoms with E-state index in [9.17, 15) is 13.2 Å². The molecule has 1 N–H and O–H groups in total. The van der Waals surface area contributed by atoms with E-state index in [0.717, 1.165) is 5.56 Å². The predicted molar refractivity (Wildman–Crippen MR) is 84.8 cm³/mol.